The van der Waals surface area contributed by atoms with Crippen LogP contribution in [0.1, 0.15) is 19.4 Å². The van der Waals surface area contributed by atoms with Crippen molar-refractivity contribution in [1.82, 2.24) is 19.6 Å². The molecule has 0 aliphatic carbocycles. The van der Waals surface area contributed by atoms with E-state index in [2.05, 4.69) is 15.5 Å². The molecule has 0 saturated carbocycles. The quantitative estimate of drug-likeness (QED) is 0.515. The van der Waals surface area contributed by atoms with Crippen molar-refractivity contribution in [2.45, 2.75) is 25.9 Å². The van der Waals surface area contributed by atoms with Gasteiger partial charge in [0.1, 0.15) is 17.9 Å². The molecule has 140 valence electrons. The molecule has 3 aromatic rings. The predicted octanol–water partition coefficient (Wildman–Crippen LogP) is 3.06. The third-order valence-corrected chi connectivity index (χ3v) is 4.46. The summed E-state index contributed by atoms with van der Waals surface area (Å²) >= 11 is 6.15. The number of carbonyl (C=O) groups excluding carboxylic acids is 1. The van der Waals surface area contributed by atoms with Crippen LogP contribution in [0.15, 0.2) is 49.1 Å². The van der Waals surface area contributed by atoms with Crippen LogP contribution in [0.4, 0.5) is 11.4 Å². The summed E-state index contributed by atoms with van der Waals surface area (Å²) in [6, 6.07) is 7.44. The van der Waals surface area contributed by atoms with E-state index >= 15 is 0 Å². The number of hydrogen-bond donors (Lipinski definition) is 1. The van der Waals surface area contributed by atoms with E-state index in [1.165, 1.54) is 17.1 Å². The van der Waals surface area contributed by atoms with Crippen LogP contribution in [0.2, 0.25) is 5.02 Å². The normalized spacial score (nSPS) is 11.4. The molecule has 0 saturated heterocycles. The Morgan fingerprint density at radius 2 is 2.00 bits per heavy atom. The summed E-state index contributed by atoms with van der Waals surface area (Å²) in [5, 5.41) is 22.3. The molecular weight excluding hydrogens is 372 g/mol. The highest BCUT2D eigenvalue weighted by molar-refractivity contribution is 6.31. The van der Waals surface area contributed by atoms with E-state index in [1.54, 1.807) is 30.8 Å². The standard InChI is InChI=1S/C17H17ClN6O3/c1-17(2,23-11-14(8-20-23)24(26)27)16(25)21-13-7-19-22(10-13)9-12-5-3-4-6-15(12)18/h3-8,10-11H,9H2,1-2H3,(H,21,25). The number of nitrogens with one attached hydrogen (secondary N) is 1. The van der Waals surface area contributed by atoms with E-state index in [-0.39, 0.29) is 11.6 Å². The van der Waals surface area contributed by atoms with Gasteiger partial charge in [-0.1, -0.05) is 29.8 Å². The Labute approximate surface area is 159 Å². The molecule has 0 aliphatic rings. The molecule has 3 rings (SSSR count). The summed E-state index contributed by atoms with van der Waals surface area (Å²) in [7, 11) is 0. The lowest BCUT2D eigenvalue weighted by Gasteiger charge is -2.23. The van der Waals surface area contributed by atoms with Crippen LogP contribution >= 0.6 is 11.6 Å². The van der Waals surface area contributed by atoms with Crippen LogP contribution < -0.4 is 5.32 Å². The molecule has 0 atom stereocenters. The molecule has 9 nitrogen and oxygen atoms in total. The smallest absolute Gasteiger partial charge is 0.307 e. The van der Waals surface area contributed by atoms with E-state index in [9.17, 15) is 14.9 Å². The fourth-order valence-corrected chi connectivity index (χ4v) is 2.61. The van der Waals surface area contributed by atoms with Crippen LogP contribution in [0.5, 0.6) is 0 Å². The highest BCUT2D eigenvalue weighted by Gasteiger charge is 2.32. The van der Waals surface area contributed by atoms with Gasteiger partial charge in [-0.15, -0.1) is 0 Å². The number of rotatable bonds is 6. The van der Waals surface area contributed by atoms with Crippen LogP contribution in [0.25, 0.3) is 0 Å². The average Bonchev–Trinajstić information content (AvgIpc) is 3.27. The van der Waals surface area contributed by atoms with Gasteiger partial charge in [-0.3, -0.25) is 24.3 Å². The van der Waals surface area contributed by atoms with Gasteiger partial charge in [-0.2, -0.15) is 10.2 Å². The Hall–Kier alpha value is -3.20. The zero-order chi connectivity index (χ0) is 19.6. The Morgan fingerprint density at radius 1 is 1.26 bits per heavy atom. The number of benzene rings is 1. The van der Waals surface area contributed by atoms with E-state index in [0.29, 0.717) is 17.3 Å². The predicted molar refractivity (Wildman–Crippen MR) is 99.6 cm³/mol. The summed E-state index contributed by atoms with van der Waals surface area (Å²) in [6.07, 6.45) is 5.54. The molecule has 2 aromatic heterocycles. The van der Waals surface area contributed by atoms with Crippen molar-refractivity contribution in [2.75, 3.05) is 5.32 Å². The molecule has 0 fully saturated rings. The molecule has 1 N–H and O–H groups in total. The number of carbonyl (C=O) groups is 1. The van der Waals surface area contributed by atoms with Crippen LogP contribution in [0, 0.1) is 10.1 Å². The first kappa shape index (κ1) is 18.6. The maximum atomic E-state index is 12.6. The van der Waals surface area contributed by atoms with E-state index < -0.39 is 10.5 Å². The first-order valence-electron chi connectivity index (χ1n) is 8.04. The van der Waals surface area contributed by atoms with E-state index in [4.69, 9.17) is 11.6 Å². The molecule has 0 spiro atoms. The first-order chi connectivity index (χ1) is 12.8. The third kappa shape index (κ3) is 3.98. The second-order valence-electron chi connectivity index (χ2n) is 6.43. The monoisotopic (exact) mass is 388 g/mol. The fourth-order valence-electron chi connectivity index (χ4n) is 2.42. The molecule has 2 heterocycles. The molecule has 0 aliphatic heterocycles. The average molecular weight is 389 g/mol. The van der Waals surface area contributed by atoms with Gasteiger partial charge in [0.2, 0.25) is 0 Å². The van der Waals surface area contributed by atoms with E-state index in [0.717, 1.165) is 11.8 Å². The van der Waals surface area contributed by atoms with Crippen molar-refractivity contribution in [3.05, 3.63) is 69.8 Å². The van der Waals surface area contributed by atoms with Crippen LogP contribution in [-0.2, 0) is 16.9 Å². The number of nitro groups is 1. The minimum absolute atomic E-state index is 0.177. The van der Waals surface area contributed by atoms with Gasteiger partial charge >= 0.3 is 5.69 Å². The lowest BCUT2D eigenvalue weighted by Crippen LogP contribution is -2.40. The Kier molecular flexibility index (Phi) is 4.95. The number of halogens is 1. The van der Waals surface area contributed by atoms with Gasteiger partial charge < -0.3 is 5.32 Å². The highest BCUT2D eigenvalue weighted by atomic mass is 35.5. The Morgan fingerprint density at radius 3 is 2.67 bits per heavy atom. The van der Waals surface area contributed by atoms with Crippen LogP contribution in [0.3, 0.4) is 0 Å². The summed E-state index contributed by atoms with van der Waals surface area (Å²) in [4.78, 5) is 22.9. The third-order valence-electron chi connectivity index (χ3n) is 4.09. The largest absolute Gasteiger partial charge is 0.321 e. The summed E-state index contributed by atoms with van der Waals surface area (Å²) in [6.45, 7) is 3.70. The van der Waals surface area contributed by atoms with Gasteiger partial charge in [-0.05, 0) is 25.5 Å². The van der Waals surface area contributed by atoms with Crippen molar-refractivity contribution in [3.63, 3.8) is 0 Å². The number of hydrogen-bond acceptors (Lipinski definition) is 5. The highest BCUT2D eigenvalue weighted by Crippen LogP contribution is 2.21. The molecule has 10 heteroatoms. The van der Waals surface area contributed by atoms with Gasteiger partial charge in [0.05, 0.1) is 23.4 Å². The topological polar surface area (TPSA) is 108 Å². The van der Waals surface area contributed by atoms with Gasteiger partial charge in [-0.25, -0.2) is 0 Å². The number of nitrogens with zero attached hydrogens (tertiary/aromatic N) is 5. The van der Waals surface area contributed by atoms with Crippen molar-refractivity contribution in [3.8, 4) is 0 Å². The van der Waals surface area contributed by atoms with Crippen molar-refractivity contribution >= 4 is 28.9 Å². The Balaban J connectivity index is 1.71. The van der Waals surface area contributed by atoms with Gasteiger partial charge in [0.25, 0.3) is 5.91 Å². The maximum Gasteiger partial charge on any atom is 0.307 e. The summed E-state index contributed by atoms with van der Waals surface area (Å²) in [5.74, 6) is -0.377. The molecule has 1 amide bonds. The van der Waals surface area contributed by atoms with Crippen molar-refractivity contribution in [1.29, 1.82) is 0 Å². The fraction of sp³-hybridized carbons (Fsp3) is 0.235. The van der Waals surface area contributed by atoms with Crippen molar-refractivity contribution < 1.29 is 9.72 Å². The van der Waals surface area contributed by atoms with E-state index in [1.807, 2.05) is 18.2 Å². The molecule has 0 radical (unpaired) electrons. The lowest BCUT2D eigenvalue weighted by atomic mass is 10.1. The van der Waals surface area contributed by atoms with Crippen molar-refractivity contribution in [2.24, 2.45) is 0 Å². The minimum Gasteiger partial charge on any atom is -0.321 e. The second-order valence-corrected chi connectivity index (χ2v) is 6.84. The molecule has 0 unspecified atom stereocenters. The molecule has 1 aromatic carbocycles. The Bertz CT molecular complexity index is 994. The zero-order valence-corrected chi connectivity index (χ0v) is 15.4. The summed E-state index contributed by atoms with van der Waals surface area (Å²) in [5.41, 5.74) is 0.105. The number of amides is 1. The molecule has 0 bridgehead atoms. The SMILES string of the molecule is CC(C)(C(=O)Nc1cnn(Cc2ccccc2Cl)c1)n1cc([N+](=O)[O-])cn1. The summed E-state index contributed by atoms with van der Waals surface area (Å²) < 4.78 is 2.91. The van der Waals surface area contributed by atoms with Gasteiger partial charge in [0, 0.05) is 11.2 Å². The molecular formula is C17H17ClN6O3. The molecule has 27 heavy (non-hydrogen) atoms. The number of aromatic nitrogens is 4. The van der Waals surface area contributed by atoms with Crippen LogP contribution in [-0.4, -0.2) is 30.4 Å². The number of anilines is 1. The van der Waals surface area contributed by atoms with Gasteiger partial charge in [0.15, 0.2) is 0 Å². The minimum atomic E-state index is -1.13. The zero-order valence-electron chi connectivity index (χ0n) is 14.7. The second kappa shape index (κ2) is 7.20. The lowest BCUT2D eigenvalue weighted by molar-refractivity contribution is -0.385. The maximum absolute atomic E-state index is 12.6. The first-order valence-corrected chi connectivity index (χ1v) is 8.42.